The van der Waals surface area contributed by atoms with Gasteiger partial charge in [-0.2, -0.15) is 13.2 Å². The quantitative estimate of drug-likeness (QED) is 0.454. The van der Waals surface area contributed by atoms with E-state index in [2.05, 4.69) is 17.4 Å². The highest BCUT2D eigenvalue weighted by Gasteiger charge is 2.28. The van der Waals surface area contributed by atoms with E-state index >= 15 is 0 Å². The zero-order valence-corrected chi connectivity index (χ0v) is 11.2. The van der Waals surface area contributed by atoms with Gasteiger partial charge in [0.15, 0.2) is 0 Å². The molecule has 0 saturated carbocycles. The van der Waals surface area contributed by atoms with Crippen molar-refractivity contribution < 1.29 is 17.6 Å². The Balaban J connectivity index is 2.41. The van der Waals surface area contributed by atoms with Gasteiger partial charge in [0.05, 0.1) is 0 Å². The van der Waals surface area contributed by atoms with Crippen molar-refractivity contribution in [1.82, 2.24) is 10.9 Å². The highest BCUT2D eigenvalue weighted by atomic mass is 19.4. The van der Waals surface area contributed by atoms with Crippen molar-refractivity contribution in [3.63, 3.8) is 0 Å². The van der Waals surface area contributed by atoms with Crippen molar-refractivity contribution >= 4 is 0 Å². The summed E-state index contributed by atoms with van der Waals surface area (Å²) in [5.74, 6) is -0.349. The van der Waals surface area contributed by atoms with Crippen molar-refractivity contribution in [2.24, 2.45) is 0 Å². The van der Waals surface area contributed by atoms with Gasteiger partial charge >= 0.3 is 6.18 Å². The van der Waals surface area contributed by atoms with E-state index in [1.165, 1.54) is 12.1 Å². The van der Waals surface area contributed by atoms with Gasteiger partial charge in [-0.1, -0.05) is 24.3 Å². The molecule has 0 amide bonds. The van der Waals surface area contributed by atoms with Gasteiger partial charge in [0.2, 0.25) is 0 Å². The van der Waals surface area contributed by atoms with Crippen LogP contribution in [0.2, 0.25) is 0 Å². The first-order valence-corrected chi connectivity index (χ1v) is 6.23. The molecule has 112 valence electrons. The lowest BCUT2D eigenvalue weighted by atomic mass is 10.1. The number of rotatable bonds is 7. The first-order chi connectivity index (χ1) is 9.28. The van der Waals surface area contributed by atoms with Crippen LogP contribution in [-0.2, 0) is 6.54 Å². The predicted molar refractivity (Wildman–Crippen MR) is 70.3 cm³/mol. The molecule has 0 aliphatic heterocycles. The van der Waals surface area contributed by atoms with E-state index in [1.807, 2.05) is 0 Å². The van der Waals surface area contributed by atoms with Crippen LogP contribution in [0.4, 0.5) is 17.6 Å². The molecule has 0 bridgehead atoms. The third-order valence-electron chi connectivity index (χ3n) is 2.77. The molecule has 0 aliphatic carbocycles. The Labute approximate surface area is 115 Å². The van der Waals surface area contributed by atoms with Gasteiger partial charge in [-0.25, -0.2) is 4.39 Å². The number of hydrazine groups is 1. The van der Waals surface area contributed by atoms with Crippen LogP contribution in [0.3, 0.4) is 0 Å². The number of nitrogens with one attached hydrogen (secondary N) is 2. The number of hydrogen-bond donors (Lipinski definition) is 2. The van der Waals surface area contributed by atoms with Crippen molar-refractivity contribution in [3.05, 3.63) is 47.8 Å². The molecular formula is C14H18F4N2. The summed E-state index contributed by atoms with van der Waals surface area (Å²) in [6.07, 6.45) is -5.15. The molecule has 0 aromatic heterocycles. The zero-order chi connectivity index (χ0) is 15.2. The average molecular weight is 290 g/mol. The molecule has 0 saturated heterocycles. The van der Waals surface area contributed by atoms with E-state index in [9.17, 15) is 17.6 Å². The summed E-state index contributed by atoms with van der Waals surface area (Å²) in [5.41, 5.74) is 6.90. The van der Waals surface area contributed by atoms with Gasteiger partial charge in [0.25, 0.3) is 0 Å². The van der Waals surface area contributed by atoms with Crippen LogP contribution < -0.4 is 10.9 Å². The molecule has 0 fully saturated rings. The fraction of sp³-hybridized carbons (Fsp3) is 0.429. The maximum absolute atomic E-state index is 12.9. The van der Waals surface area contributed by atoms with Crippen LogP contribution in [0.5, 0.6) is 0 Å². The average Bonchev–Trinajstić information content (AvgIpc) is 2.31. The monoisotopic (exact) mass is 290 g/mol. The summed E-state index contributed by atoms with van der Waals surface area (Å²) < 4.78 is 49.5. The number of benzene rings is 1. The standard InChI is InChI=1S/C14H18F4N2/c1-10(2)13(6-7-14(16,17)18)20-19-9-11-4-3-5-12(15)8-11/h3-5,8,13,19-20H,1,6-7,9H2,2H3. The lowest BCUT2D eigenvalue weighted by molar-refractivity contribution is -0.136. The second-order valence-electron chi connectivity index (χ2n) is 4.68. The molecular weight excluding hydrogens is 272 g/mol. The van der Waals surface area contributed by atoms with Crippen molar-refractivity contribution in [3.8, 4) is 0 Å². The highest BCUT2D eigenvalue weighted by molar-refractivity contribution is 5.15. The zero-order valence-electron chi connectivity index (χ0n) is 11.2. The highest BCUT2D eigenvalue weighted by Crippen LogP contribution is 2.23. The smallest absolute Gasteiger partial charge is 0.253 e. The second-order valence-corrected chi connectivity index (χ2v) is 4.68. The molecule has 1 unspecified atom stereocenters. The molecule has 1 atom stereocenters. The molecule has 1 aromatic carbocycles. The summed E-state index contributed by atoms with van der Waals surface area (Å²) >= 11 is 0. The summed E-state index contributed by atoms with van der Waals surface area (Å²) in [7, 11) is 0. The Kier molecular flexibility index (Phi) is 6.16. The summed E-state index contributed by atoms with van der Waals surface area (Å²) in [4.78, 5) is 0. The largest absolute Gasteiger partial charge is 0.389 e. The van der Waals surface area contributed by atoms with E-state index in [0.29, 0.717) is 17.7 Å². The van der Waals surface area contributed by atoms with Crippen LogP contribution in [0, 0.1) is 5.82 Å². The van der Waals surface area contributed by atoms with Crippen LogP contribution >= 0.6 is 0 Å². The summed E-state index contributed by atoms with van der Waals surface area (Å²) in [6, 6.07) is 5.51. The minimum absolute atomic E-state index is 0.0883. The Morgan fingerprint density at radius 1 is 1.35 bits per heavy atom. The maximum Gasteiger partial charge on any atom is 0.389 e. The minimum Gasteiger partial charge on any atom is -0.253 e. The SMILES string of the molecule is C=C(C)C(CCC(F)(F)F)NNCc1cccc(F)c1. The number of halogens is 4. The van der Waals surface area contributed by atoms with Crippen LogP contribution in [0.25, 0.3) is 0 Å². The van der Waals surface area contributed by atoms with E-state index in [0.717, 1.165) is 0 Å². The lowest BCUT2D eigenvalue weighted by Crippen LogP contribution is -2.41. The van der Waals surface area contributed by atoms with Crippen molar-refractivity contribution in [1.29, 1.82) is 0 Å². The second kappa shape index (κ2) is 7.40. The van der Waals surface area contributed by atoms with E-state index < -0.39 is 18.6 Å². The molecule has 6 heteroatoms. The molecule has 2 N–H and O–H groups in total. The van der Waals surface area contributed by atoms with E-state index in [-0.39, 0.29) is 12.2 Å². The van der Waals surface area contributed by atoms with Crippen LogP contribution in [0.15, 0.2) is 36.4 Å². The Hall–Kier alpha value is -1.40. The molecule has 2 nitrogen and oxygen atoms in total. The van der Waals surface area contributed by atoms with Gasteiger partial charge in [-0.05, 0) is 31.0 Å². The summed E-state index contributed by atoms with van der Waals surface area (Å²) in [6.45, 7) is 5.64. The predicted octanol–water partition coefficient (Wildman–Crippen LogP) is 3.71. The van der Waals surface area contributed by atoms with E-state index in [1.54, 1.807) is 19.1 Å². The third kappa shape index (κ3) is 6.68. The fourth-order valence-electron chi connectivity index (χ4n) is 1.67. The van der Waals surface area contributed by atoms with E-state index in [4.69, 9.17) is 0 Å². The van der Waals surface area contributed by atoms with Crippen LogP contribution in [0.1, 0.15) is 25.3 Å². The summed E-state index contributed by atoms with van der Waals surface area (Å²) in [5, 5.41) is 0. The lowest BCUT2D eigenvalue weighted by Gasteiger charge is -2.20. The molecule has 1 aromatic rings. The number of hydrogen-bond acceptors (Lipinski definition) is 2. The van der Waals surface area contributed by atoms with Crippen molar-refractivity contribution in [2.45, 2.75) is 38.5 Å². The Morgan fingerprint density at radius 2 is 2.05 bits per heavy atom. The fourth-order valence-corrected chi connectivity index (χ4v) is 1.67. The van der Waals surface area contributed by atoms with Gasteiger partial charge in [0.1, 0.15) is 5.82 Å². The molecule has 0 heterocycles. The van der Waals surface area contributed by atoms with Gasteiger partial charge in [-0.15, -0.1) is 0 Å². The Morgan fingerprint density at radius 3 is 2.60 bits per heavy atom. The molecule has 0 spiro atoms. The third-order valence-corrected chi connectivity index (χ3v) is 2.77. The van der Waals surface area contributed by atoms with Crippen LogP contribution in [-0.4, -0.2) is 12.2 Å². The molecule has 0 aliphatic rings. The van der Waals surface area contributed by atoms with Gasteiger partial charge < -0.3 is 0 Å². The van der Waals surface area contributed by atoms with Crippen molar-refractivity contribution in [2.75, 3.05) is 0 Å². The molecule has 20 heavy (non-hydrogen) atoms. The Bertz CT molecular complexity index is 443. The molecule has 0 radical (unpaired) electrons. The maximum atomic E-state index is 12.9. The normalized spacial score (nSPS) is 13.2. The minimum atomic E-state index is -4.18. The van der Waals surface area contributed by atoms with Gasteiger partial charge in [0, 0.05) is 19.0 Å². The number of alkyl halides is 3. The topological polar surface area (TPSA) is 24.1 Å². The first kappa shape index (κ1) is 16.7. The molecule has 1 rings (SSSR count). The van der Waals surface area contributed by atoms with Gasteiger partial charge in [-0.3, -0.25) is 10.9 Å². The first-order valence-electron chi connectivity index (χ1n) is 6.23.